The first-order valence-electron chi connectivity index (χ1n) is 7.31. The number of rotatable bonds is 1. The zero-order valence-electron chi connectivity index (χ0n) is 12.5. The number of nitrogens with one attached hydrogen (secondary N) is 1. The zero-order chi connectivity index (χ0) is 16.0. The minimum Gasteiger partial charge on any atom is -0.420 e. The zero-order valence-corrected chi connectivity index (χ0v) is 12.5. The third-order valence-electron chi connectivity index (χ3n) is 4.26. The second-order valence-electron chi connectivity index (χ2n) is 5.56. The molecule has 23 heavy (non-hydrogen) atoms. The van der Waals surface area contributed by atoms with E-state index >= 15 is 0 Å². The highest BCUT2D eigenvalue weighted by atomic mass is 16.5. The van der Waals surface area contributed by atoms with Crippen molar-refractivity contribution in [1.29, 1.82) is 5.26 Å². The second-order valence-corrected chi connectivity index (χ2v) is 5.56. The Morgan fingerprint density at radius 2 is 2.00 bits per heavy atom. The van der Waals surface area contributed by atoms with E-state index in [1.54, 1.807) is 0 Å². The highest BCUT2D eigenvalue weighted by Gasteiger charge is 2.34. The molecule has 112 valence electrons. The summed E-state index contributed by atoms with van der Waals surface area (Å²) in [7, 11) is 0. The number of ether oxygens (including phenoxy) is 1. The molecule has 1 aliphatic rings. The number of aromatic amines is 1. The quantitative estimate of drug-likeness (QED) is 0.723. The van der Waals surface area contributed by atoms with Crippen LogP contribution >= 0.6 is 0 Å². The number of nitrogens with zero attached hydrogens (tertiary/aromatic N) is 2. The summed E-state index contributed by atoms with van der Waals surface area (Å²) in [6, 6.07) is 16.4. The SMILES string of the molecule is Cc1[nH]nc2c1[C@H](c1cccc3ccccc13)C(C#N)=C(N)O2. The average molecular weight is 302 g/mol. The van der Waals surface area contributed by atoms with Crippen LogP contribution in [0.5, 0.6) is 5.88 Å². The van der Waals surface area contributed by atoms with Gasteiger partial charge in [-0.1, -0.05) is 42.5 Å². The molecule has 1 aliphatic heterocycles. The van der Waals surface area contributed by atoms with Gasteiger partial charge in [0.15, 0.2) is 0 Å². The molecule has 2 aromatic carbocycles. The number of nitriles is 1. The third kappa shape index (κ3) is 1.89. The van der Waals surface area contributed by atoms with E-state index in [-0.39, 0.29) is 11.8 Å². The molecule has 0 saturated carbocycles. The second kappa shape index (κ2) is 4.89. The highest BCUT2D eigenvalue weighted by molar-refractivity contribution is 5.87. The molecule has 0 amide bonds. The van der Waals surface area contributed by atoms with Gasteiger partial charge in [0, 0.05) is 11.3 Å². The molecule has 1 aromatic heterocycles. The number of hydrogen-bond donors (Lipinski definition) is 2. The number of hydrogen-bond acceptors (Lipinski definition) is 4. The van der Waals surface area contributed by atoms with E-state index in [2.05, 4.69) is 34.5 Å². The van der Waals surface area contributed by atoms with Gasteiger partial charge in [-0.15, -0.1) is 5.10 Å². The Balaban J connectivity index is 2.06. The van der Waals surface area contributed by atoms with Gasteiger partial charge in [0.1, 0.15) is 11.6 Å². The number of nitrogens with two attached hydrogens (primary N) is 1. The fourth-order valence-corrected chi connectivity index (χ4v) is 3.21. The normalized spacial score (nSPS) is 16.8. The maximum Gasteiger partial charge on any atom is 0.244 e. The number of H-pyrrole nitrogens is 1. The van der Waals surface area contributed by atoms with E-state index in [0.29, 0.717) is 11.5 Å². The summed E-state index contributed by atoms with van der Waals surface area (Å²) in [5.41, 5.74) is 9.15. The van der Waals surface area contributed by atoms with Crippen LogP contribution < -0.4 is 10.5 Å². The molecular weight excluding hydrogens is 288 g/mol. The van der Waals surface area contributed by atoms with Crippen molar-refractivity contribution >= 4 is 10.8 Å². The first-order valence-corrected chi connectivity index (χ1v) is 7.31. The fraction of sp³-hybridized carbons (Fsp3) is 0.111. The number of benzene rings is 2. The van der Waals surface area contributed by atoms with E-state index in [9.17, 15) is 5.26 Å². The van der Waals surface area contributed by atoms with Crippen LogP contribution in [0.15, 0.2) is 53.9 Å². The number of fused-ring (bicyclic) bond motifs is 2. The van der Waals surface area contributed by atoms with E-state index in [1.807, 2.05) is 31.2 Å². The van der Waals surface area contributed by atoms with E-state index in [1.165, 1.54) is 0 Å². The molecule has 0 unspecified atom stereocenters. The minimum absolute atomic E-state index is 0.115. The Hall–Kier alpha value is -3.26. The van der Waals surface area contributed by atoms with Gasteiger partial charge in [0.05, 0.1) is 5.92 Å². The Morgan fingerprint density at radius 3 is 2.83 bits per heavy atom. The summed E-state index contributed by atoms with van der Waals surface area (Å²) in [6.45, 7) is 1.92. The molecule has 3 N–H and O–H groups in total. The van der Waals surface area contributed by atoms with Crippen molar-refractivity contribution in [2.45, 2.75) is 12.8 Å². The van der Waals surface area contributed by atoms with E-state index in [0.717, 1.165) is 27.6 Å². The minimum atomic E-state index is -0.284. The van der Waals surface area contributed by atoms with Gasteiger partial charge in [-0.3, -0.25) is 5.10 Å². The molecule has 0 spiro atoms. The Kier molecular flexibility index (Phi) is 2.85. The number of aromatic nitrogens is 2. The highest BCUT2D eigenvalue weighted by Crippen LogP contribution is 2.44. The smallest absolute Gasteiger partial charge is 0.244 e. The first kappa shape index (κ1) is 13.4. The lowest BCUT2D eigenvalue weighted by Crippen LogP contribution is -2.21. The summed E-state index contributed by atoms with van der Waals surface area (Å²) >= 11 is 0. The van der Waals surface area contributed by atoms with Crippen LogP contribution in [0, 0.1) is 18.3 Å². The van der Waals surface area contributed by atoms with Crippen molar-refractivity contribution < 1.29 is 4.74 Å². The largest absolute Gasteiger partial charge is 0.420 e. The molecule has 0 aliphatic carbocycles. The van der Waals surface area contributed by atoms with Crippen molar-refractivity contribution in [1.82, 2.24) is 10.2 Å². The Bertz CT molecular complexity index is 988. The summed E-state index contributed by atoms with van der Waals surface area (Å²) < 4.78 is 5.51. The maximum atomic E-state index is 9.62. The van der Waals surface area contributed by atoms with Crippen LogP contribution in [-0.4, -0.2) is 10.2 Å². The molecular formula is C18H14N4O. The monoisotopic (exact) mass is 302 g/mol. The predicted octanol–water partition coefficient (Wildman–Crippen LogP) is 3.09. The molecule has 0 saturated heterocycles. The van der Waals surface area contributed by atoms with Gasteiger partial charge < -0.3 is 10.5 Å². The molecule has 0 fully saturated rings. The lowest BCUT2D eigenvalue weighted by molar-refractivity contribution is 0.379. The average Bonchev–Trinajstić information content (AvgIpc) is 2.94. The lowest BCUT2D eigenvalue weighted by Gasteiger charge is -2.24. The van der Waals surface area contributed by atoms with E-state index in [4.69, 9.17) is 10.5 Å². The standard InChI is InChI=1S/C18H14N4O/c1-10-15-16(14(9-19)17(20)23-18(15)22-21-10)13-8-4-6-11-5-2-3-7-12(11)13/h2-8,16H,20H2,1H3,(H,21,22)/t16-/m1/s1. The molecule has 5 heteroatoms. The molecule has 4 rings (SSSR count). The van der Waals surface area contributed by atoms with Gasteiger partial charge >= 0.3 is 0 Å². The summed E-state index contributed by atoms with van der Waals surface area (Å²) in [4.78, 5) is 0. The van der Waals surface area contributed by atoms with Crippen LogP contribution in [-0.2, 0) is 0 Å². The lowest BCUT2D eigenvalue weighted by atomic mass is 9.82. The maximum absolute atomic E-state index is 9.62. The summed E-state index contributed by atoms with van der Waals surface area (Å²) in [5, 5.41) is 18.9. The van der Waals surface area contributed by atoms with Gasteiger partial charge in [0.25, 0.3) is 0 Å². The molecule has 3 aromatic rings. The Morgan fingerprint density at radius 1 is 1.22 bits per heavy atom. The Labute approximate surface area is 133 Å². The summed E-state index contributed by atoms with van der Waals surface area (Å²) in [5.74, 6) is 0.273. The van der Waals surface area contributed by atoms with E-state index < -0.39 is 0 Å². The van der Waals surface area contributed by atoms with Crippen LogP contribution in [0.2, 0.25) is 0 Å². The van der Waals surface area contributed by atoms with Crippen molar-refractivity contribution in [3.63, 3.8) is 0 Å². The van der Waals surface area contributed by atoms with Gasteiger partial charge in [0.2, 0.25) is 11.8 Å². The van der Waals surface area contributed by atoms with Crippen LogP contribution in [0.3, 0.4) is 0 Å². The fourth-order valence-electron chi connectivity index (χ4n) is 3.21. The predicted molar refractivity (Wildman–Crippen MR) is 86.6 cm³/mol. The number of allylic oxidation sites excluding steroid dienone is 1. The van der Waals surface area contributed by atoms with Gasteiger partial charge in [-0.2, -0.15) is 5.26 Å². The molecule has 0 radical (unpaired) electrons. The molecule has 2 heterocycles. The van der Waals surface area contributed by atoms with Crippen LogP contribution in [0.1, 0.15) is 22.7 Å². The molecule has 0 bridgehead atoms. The van der Waals surface area contributed by atoms with Crippen molar-refractivity contribution in [3.8, 4) is 11.9 Å². The van der Waals surface area contributed by atoms with Gasteiger partial charge in [-0.25, -0.2) is 0 Å². The summed E-state index contributed by atoms with van der Waals surface area (Å²) in [6.07, 6.45) is 0. The van der Waals surface area contributed by atoms with Crippen molar-refractivity contribution in [2.75, 3.05) is 0 Å². The van der Waals surface area contributed by atoms with Crippen LogP contribution in [0.25, 0.3) is 10.8 Å². The van der Waals surface area contributed by atoms with Gasteiger partial charge in [-0.05, 0) is 23.3 Å². The topological polar surface area (TPSA) is 87.7 Å². The molecule has 5 nitrogen and oxygen atoms in total. The first-order chi connectivity index (χ1) is 11.2. The van der Waals surface area contributed by atoms with Crippen molar-refractivity contribution in [3.05, 3.63) is 70.7 Å². The van der Waals surface area contributed by atoms with Crippen LogP contribution in [0.4, 0.5) is 0 Å². The third-order valence-corrected chi connectivity index (χ3v) is 4.26. The molecule has 1 atom stereocenters. The number of aryl methyl sites for hydroxylation is 1. The van der Waals surface area contributed by atoms with Crippen molar-refractivity contribution in [2.24, 2.45) is 5.73 Å².